The van der Waals surface area contributed by atoms with Crippen LogP contribution in [-0.4, -0.2) is 43.8 Å². The van der Waals surface area contributed by atoms with Crippen LogP contribution in [-0.2, 0) is 9.53 Å². The molecule has 134 valence electrons. The molecule has 0 fully saturated rings. The fourth-order valence-corrected chi connectivity index (χ4v) is 2.17. The number of carbonyl (C=O) groups excluding carboxylic acids is 2. The van der Waals surface area contributed by atoms with E-state index < -0.39 is 0 Å². The Bertz CT molecular complexity index is 740. The summed E-state index contributed by atoms with van der Waals surface area (Å²) in [5, 5.41) is 9.13. The van der Waals surface area contributed by atoms with Gasteiger partial charge in [0, 0.05) is 38.2 Å². The zero-order valence-corrected chi connectivity index (χ0v) is 14.7. The second-order valence-electron chi connectivity index (χ2n) is 5.72. The fourth-order valence-electron chi connectivity index (χ4n) is 2.17. The minimum absolute atomic E-state index is 0.145. The summed E-state index contributed by atoms with van der Waals surface area (Å²) in [7, 11) is 1.57. The van der Waals surface area contributed by atoms with Crippen LogP contribution in [0.25, 0.3) is 11.3 Å². The quantitative estimate of drug-likeness (QED) is 0.712. The predicted molar refractivity (Wildman–Crippen MR) is 93.2 cm³/mol. The molecule has 0 radical (unpaired) electrons. The van der Waals surface area contributed by atoms with Gasteiger partial charge in [0.05, 0.1) is 6.61 Å². The summed E-state index contributed by atoms with van der Waals surface area (Å²) >= 11 is 0. The maximum atomic E-state index is 12.1. The molecule has 0 saturated heterocycles. The van der Waals surface area contributed by atoms with Crippen molar-refractivity contribution < 1.29 is 18.8 Å². The largest absolute Gasteiger partial charge is 0.383 e. The van der Waals surface area contributed by atoms with Crippen molar-refractivity contribution in [2.75, 3.05) is 26.8 Å². The van der Waals surface area contributed by atoms with E-state index >= 15 is 0 Å². The average molecular weight is 345 g/mol. The van der Waals surface area contributed by atoms with Gasteiger partial charge in [0.2, 0.25) is 5.91 Å². The second kappa shape index (κ2) is 8.98. The first-order valence-corrected chi connectivity index (χ1v) is 8.09. The highest BCUT2D eigenvalue weighted by molar-refractivity contribution is 5.93. The first-order chi connectivity index (χ1) is 12.0. The highest BCUT2D eigenvalue weighted by atomic mass is 16.5. The number of aromatic nitrogens is 1. The SMILES string of the molecule is COCCNC(=O)CCNC(=O)c1cc(-c2ccc(C)c(C)c2)on1. The summed E-state index contributed by atoms with van der Waals surface area (Å²) in [4.78, 5) is 23.6. The third-order valence-corrected chi connectivity index (χ3v) is 3.80. The van der Waals surface area contributed by atoms with Crippen LogP contribution < -0.4 is 10.6 Å². The van der Waals surface area contributed by atoms with Crippen molar-refractivity contribution in [3.63, 3.8) is 0 Å². The molecule has 0 spiro atoms. The Kier molecular flexibility index (Phi) is 6.71. The minimum atomic E-state index is -0.372. The Morgan fingerprint density at radius 1 is 1.12 bits per heavy atom. The number of hydrogen-bond acceptors (Lipinski definition) is 5. The molecule has 1 heterocycles. The van der Waals surface area contributed by atoms with Gasteiger partial charge in [0.1, 0.15) is 0 Å². The van der Waals surface area contributed by atoms with E-state index in [1.807, 2.05) is 32.0 Å². The van der Waals surface area contributed by atoms with Crippen molar-refractivity contribution in [2.45, 2.75) is 20.3 Å². The summed E-state index contributed by atoms with van der Waals surface area (Å²) in [6.45, 7) is 5.18. The number of ether oxygens (including phenoxy) is 1. The zero-order chi connectivity index (χ0) is 18.2. The number of amides is 2. The minimum Gasteiger partial charge on any atom is -0.383 e. The lowest BCUT2D eigenvalue weighted by Gasteiger charge is -2.05. The van der Waals surface area contributed by atoms with Crippen molar-refractivity contribution in [3.8, 4) is 11.3 Å². The number of aryl methyl sites for hydroxylation is 2. The molecule has 0 saturated carbocycles. The van der Waals surface area contributed by atoms with E-state index in [1.165, 1.54) is 5.56 Å². The van der Waals surface area contributed by atoms with Gasteiger partial charge in [-0.1, -0.05) is 17.3 Å². The summed E-state index contributed by atoms with van der Waals surface area (Å²) in [6, 6.07) is 7.50. The molecule has 0 aliphatic heterocycles. The van der Waals surface area contributed by atoms with Gasteiger partial charge in [-0.2, -0.15) is 0 Å². The highest BCUT2D eigenvalue weighted by Gasteiger charge is 2.14. The molecule has 2 N–H and O–H groups in total. The van der Waals surface area contributed by atoms with Gasteiger partial charge in [-0.05, 0) is 31.0 Å². The second-order valence-corrected chi connectivity index (χ2v) is 5.72. The van der Waals surface area contributed by atoms with Gasteiger partial charge >= 0.3 is 0 Å². The van der Waals surface area contributed by atoms with E-state index in [0.717, 1.165) is 11.1 Å². The van der Waals surface area contributed by atoms with E-state index in [0.29, 0.717) is 18.9 Å². The number of methoxy groups -OCH3 is 1. The van der Waals surface area contributed by atoms with Crippen LogP contribution in [0.2, 0.25) is 0 Å². The number of benzene rings is 1. The molecule has 2 rings (SSSR count). The number of nitrogens with one attached hydrogen (secondary N) is 2. The van der Waals surface area contributed by atoms with Crippen LogP contribution in [0.15, 0.2) is 28.8 Å². The summed E-state index contributed by atoms with van der Waals surface area (Å²) in [5.41, 5.74) is 3.38. The smallest absolute Gasteiger partial charge is 0.273 e. The summed E-state index contributed by atoms with van der Waals surface area (Å²) in [6.07, 6.45) is 0.192. The summed E-state index contributed by atoms with van der Waals surface area (Å²) < 4.78 is 10.1. The molecule has 7 heteroatoms. The Morgan fingerprint density at radius 3 is 2.64 bits per heavy atom. The Hall–Kier alpha value is -2.67. The third kappa shape index (κ3) is 5.42. The molecular formula is C18H23N3O4. The molecule has 1 aromatic heterocycles. The van der Waals surface area contributed by atoms with Crippen LogP contribution in [0.3, 0.4) is 0 Å². The van der Waals surface area contributed by atoms with E-state index in [4.69, 9.17) is 9.26 Å². The fraction of sp³-hybridized carbons (Fsp3) is 0.389. The van der Waals surface area contributed by atoms with Gasteiger partial charge in [-0.15, -0.1) is 0 Å². The van der Waals surface area contributed by atoms with E-state index in [1.54, 1.807) is 13.2 Å². The maximum absolute atomic E-state index is 12.1. The molecule has 2 aromatic rings. The number of rotatable bonds is 8. The van der Waals surface area contributed by atoms with Crippen molar-refractivity contribution in [2.24, 2.45) is 0 Å². The van der Waals surface area contributed by atoms with Crippen molar-refractivity contribution in [1.82, 2.24) is 15.8 Å². The Balaban J connectivity index is 1.86. The molecule has 0 aliphatic rings. The van der Waals surface area contributed by atoms with Crippen molar-refractivity contribution in [3.05, 3.63) is 41.1 Å². The van der Waals surface area contributed by atoms with Gasteiger partial charge in [0.15, 0.2) is 11.5 Å². The Labute approximate surface area is 146 Å². The first kappa shape index (κ1) is 18.7. The topological polar surface area (TPSA) is 93.5 Å². The lowest BCUT2D eigenvalue weighted by atomic mass is 10.0. The Morgan fingerprint density at radius 2 is 1.92 bits per heavy atom. The first-order valence-electron chi connectivity index (χ1n) is 8.09. The lowest BCUT2D eigenvalue weighted by Crippen LogP contribution is -2.32. The number of carbonyl (C=O) groups is 2. The van der Waals surface area contributed by atoms with Gasteiger partial charge in [-0.25, -0.2) is 0 Å². The highest BCUT2D eigenvalue weighted by Crippen LogP contribution is 2.22. The van der Waals surface area contributed by atoms with Gasteiger partial charge < -0.3 is 19.9 Å². The monoisotopic (exact) mass is 345 g/mol. The maximum Gasteiger partial charge on any atom is 0.273 e. The standard InChI is InChI=1S/C18H23N3O4/c1-12-4-5-14(10-13(12)2)16-11-15(21-25-16)18(23)20-7-6-17(22)19-8-9-24-3/h4-5,10-11H,6-9H2,1-3H3,(H,19,22)(H,20,23). The van der Waals surface area contributed by atoms with E-state index in [9.17, 15) is 9.59 Å². The number of hydrogen-bond donors (Lipinski definition) is 2. The average Bonchev–Trinajstić information content (AvgIpc) is 3.07. The molecule has 0 atom stereocenters. The van der Waals surface area contributed by atoms with Gasteiger partial charge in [0.25, 0.3) is 5.91 Å². The normalized spacial score (nSPS) is 10.5. The molecule has 2 amide bonds. The lowest BCUT2D eigenvalue weighted by molar-refractivity contribution is -0.121. The van der Waals surface area contributed by atoms with Crippen molar-refractivity contribution in [1.29, 1.82) is 0 Å². The molecule has 0 aliphatic carbocycles. The van der Waals surface area contributed by atoms with Crippen LogP contribution in [0.5, 0.6) is 0 Å². The molecule has 7 nitrogen and oxygen atoms in total. The van der Waals surface area contributed by atoms with E-state index in [2.05, 4.69) is 15.8 Å². The van der Waals surface area contributed by atoms with Crippen LogP contribution in [0.4, 0.5) is 0 Å². The molecule has 0 unspecified atom stereocenters. The van der Waals surface area contributed by atoms with Crippen LogP contribution in [0.1, 0.15) is 28.0 Å². The zero-order valence-electron chi connectivity index (χ0n) is 14.7. The number of nitrogens with zero attached hydrogens (tertiary/aromatic N) is 1. The van der Waals surface area contributed by atoms with Gasteiger partial charge in [-0.3, -0.25) is 9.59 Å². The predicted octanol–water partition coefficient (Wildman–Crippen LogP) is 1.84. The van der Waals surface area contributed by atoms with Crippen LogP contribution in [0, 0.1) is 13.8 Å². The van der Waals surface area contributed by atoms with Crippen molar-refractivity contribution >= 4 is 11.8 Å². The molecule has 0 bridgehead atoms. The molecular weight excluding hydrogens is 322 g/mol. The third-order valence-electron chi connectivity index (χ3n) is 3.80. The molecule has 1 aromatic carbocycles. The van der Waals surface area contributed by atoms with Crippen LogP contribution >= 0.6 is 0 Å². The van der Waals surface area contributed by atoms with E-state index in [-0.39, 0.29) is 30.5 Å². The summed E-state index contributed by atoms with van der Waals surface area (Å²) in [5.74, 6) is 0.0161. The molecule has 25 heavy (non-hydrogen) atoms.